The average Bonchev–Trinajstić information content (AvgIpc) is 3.64. The van der Waals surface area contributed by atoms with Crippen LogP contribution in [-0.4, -0.2) is 57.9 Å². The number of phenols is 1. The summed E-state index contributed by atoms with van der Waals surface area (Å²) in [6.45, 7) is 2.17. The summed E-state index contributed by atoms with van der Waals surface area (Å²) in [4.78, 5) is 16.0. The van der Waals surface area contributed by atoms with E-state index in [2.05, 4.69) is 28.4 Å². The van der Waals surface area contributed by atoms with Gasteiger partial charge >= 0.3 is 0 Å². The molecule has 4 saturated carbocycles. The maximum atomic E-state index is 13.2. The van der Waals surface area contributed by atoms with E-state index >= 15 is 0 Å². The van der Waals surface area contributed by atoms with E-state index in [1.807, 2.05) is 18.2 Å². The fourth-order valence-electron chi connectivity index (χ4n) is 9.40. The Morgan fingerprint density at radius 1 is 1.11 bits per heavy atom. The number of carbonyl (C=O) groups excluding carboxylic acids is 1. The molecule has 6 heteroatoms. The molecule has 0 aromatic heterocycles. The van der Waals surface area contributed by atoms with Gasteiger partial charge in [0.05, 0.1) is 6.04 Å². The molecule has 5 fully saturated rings. The van der Waals surface area contributed by atoms with Crippen LogP contribution in [0.4, 0.5) is 0 Å². The normalized spacial score (nSPS) is 38.7. The first-order valence-electron chi connectivity index (χ1n) is 14.3. The lowest BCUT2D eigenvalue weighted by molar-refractivity contribution is -0.254. The van der Waals surface area contributed by atoms with Crippen molar-refractivity contribution in [1.82, 2.24) is 10.2 Å². The number of likely N-dealkylation sites (tertiary alicyclic amines) is 1. The smallest absolute Gasteiger partial charge is 0.220 e. The summed E-state index contributed by atoms with van der Waals surface area (Å²) in [6, 6.07) is 14.0. The zero-order valence-electron chi connectivity index (χ0n) is 21.3. The van der Waals surface area contributed by atoms with Gasteiger partial charge in [0.1, 0.15) is 11.7 Å². The van der Waals surface area contributed by atoms with E-state index < -0.39 is 11.7 Å². The van der Waals surface area contributed by atoms with Gasteiger partial charge in [-0.05, 0) is 81.0 Å². The van der Waals surface area contributed by atoms with E-state index in [0.717, 1.165) is 50.3 Å². The second-order valence-electron chi connectivity index (χ2n) is 12.8. The van der Waals surface area contributed by atoms with Crippen molar-refractivity contribution >= 4 is 5.91 Å². The summed E-state index contributed by atoms with van der Waals surface area (Å²) >= 11 is 0. The van der Waals surface area contributed by atoms with Gasteiger partial charge in [-0.3, -0.25) is 9.69 Å². The predicted octanol–water partition coefficient (Wildman–Crippen LogP) is 3.46. The van der Waals surface area contributed by atoms with Gasteiger partial charge in [-0.15, -0.1) is 0 Å². The van der Waals surface area contributed by atoms with Crippen molar-refractivity contribution in [2.75, 3.05) is 13.1 Å². The molecule has 2 aromatic carbocycles. The third kappa shape index (κ3) is 2.86. The summed E-state index contributed by atoms with van der Waals surface area (Å²) in [6.07, 6.45) is 7.58. The molecule has 1 unspecified atom stereocenters. The van der Waals surface area contributed by atoms with Crippen LogP contribution in [0.5, 0.6) is 11.5 Å². The zero-order chi connectivity index (χ0) is 25.0. The van der Waals surface area contributed by atoms with Crippen LogP contribution < -0.4 is 10.1 Å². The van der Waals surface area contributed by atoms with Crippen LogP contribution in [0.1, 0.15) is 61.6 Å². The van der Waals surface area contributed by atoms with Crippen molar-refractivity contribution in [3.8, 4) is 11.5 Å². The van der Waals surface area contributed by atoms with Crippen molar-refractivity contribution in [3.05, 3.63) is 59.2 Å². The van der Waals surface area contributed by atoms with E-state index in [1.165, 1.54) is 24.0 Å². The minimum absolute atomic E-state index is 0.00451. The summed E-state index contributed by atoms with van der Waals surface area (Å²) in [5.74, 6) is 1.59. The number of phenolic OH excluding ortho intramolecular Hbond substituents is 1. The Kier molecular flexibility index (Phi) is 4.55. The second kappa shape index (κ2) is 7.51. The van der Waals surface area contributed by atoms with Gasteiger partial charge in [0.15, 0.2) is 11.5 Å². The number of fused-ring (bicyclic) bond motifs is 2. The van der Waals surface area contributed by atoms with E-state index in [1.54, 1.807) is 6.07 Å². The number of hydrogen-bond acceptors (Lipinski definition) is 5. The van der Waals surface area contributed by atoms with Gasteiger partial charge in [-0.2, -0.15) is 0 Å². The first-order chi connectivity index (χ1) is 17.9. The van der Waals surface area contributed by atoms with Gasteiger partial charge in [0, 0.05) is 35.4 Å². The maximum absolute atomic E-state index is 13.2. The molecule has 2 aromatic rings. The van der Waals surface area contributed by atoms with Gasteiger partial charge in [0.2, 0.25) is 5.91 Å². The summed E-state index contributed by atoms with van der Waals surface area (Å²) in [5.41, 5.74) is 2.09. The predicted molar refractivity (Wildman–Crippen MR) is 139 cm³/mol. The lowest BCUT2D eigenvalue weighted by Crippen LogP contribution is -2.83. The summed E-state index contributed by atoms with van der Waals surface area (Å²) < 4.78 is 6.64. The quantitative estimate of drug-likeness (QED) is 0.566. The Morgan fingerprint density at radius 3 is 2.76 bits per heavy atom. The fourth-order valence-corrected chi connectivity index (χ4v) is 9.40. The molecule has 9 rings (SSSR count). The fraction of sp³-hybridized carbons (Fsp3) is 0.581. The number of amides is 1. The van der Waals surface area contributed by atoms with Crippen LogP contribution >= 0.6 is 0 Å². The lowest BCUT2D eigenvalue weighted by atomic mass is 9.36. The first-order valence-corrected chi connectivity index (χ1v) is 14.3. The van der Waals surface area contributed by atoms with Gasteiger partial charge in [0.25, 0.3) is 0 Å². The topological polar surface area (TPSA) is 82.0 Å². The van der Waals surface area contributed by atoms with Crippen molar-refractivity contribution in [2.45, 2.75) is 87.0 Å². The molecule has 0 radical (unpaired) electrons. The number of nitrogens with one attached hydrogen (secondary N) is 1. The monoisotopic (exact) mass is 500 g/mol. The van der Waals surface area contributed by atoms with Crippen molar-refractivity contribution < 1.29 is 19.7 Å². The molecule has 2 spiro atoms. The minimum Gasteiger partial charge on any atom is -0.504 e. The third-order valence-electron chi connectivity index (χ3n) is 11.1. The molecule has 6 atom stereocenters. The van der Waals surface area contributed by atoms with Crippen molar-refractivity contribution in [3.63, 3.8) is 0 Å². The largest absolute Gasteiger partial charge is 0.504 e. The molecule has 4 bridgehead atoms. The number of benzene rings is 2. The van der Waals surface area contributed by atoms with Gasteiger partial charge in [-0.1, -0.05) is 36.4 Å². The molecule has 2 heterocycles. The summed E-state index contributed by atoms with van der Waals surface area (Å²) in [7, 11) is 0. The number of rotatable bonds is 6. The van der Waals surface area contributed by atoms with Crippen LogP contribution in [0.3, 0.4) is 0 Å². The van der Waals surface area contributed by atoms with Crippen LogP contribution in [0.25, 0.3) is 0 Å². The molecule has 6 nitrogen and oxygen atoms in total. The minimum atomic E-state index is -1.15. The first kappa shape index (κ1) is 22.4. The van der Waals surface area contributed by atoms with Crippen LogP contribution in [0, 0.1) is 11.3 Å². The molecule has 194 valence electrons. The molecule has 1 amide bonds. The van der Waals surface area contributed by atoms with Crippen LogP contribution in [-0.2, 0) is 23.1 Å². The second-order valence-corrected chi connectivity index (χ2v) is 12.8. The zero-order valence-corrected chi connectivity index (χ0v) is 21.3. The number of ether oxygens (including phenoxy) is 1. The number of nitrogens with zero attached hydrogens (tertiary/aromatic N) is 1. The van der Waals surface area contributed by atoms with E-state index in [-0.39, 0.29) is 28.5 Å². The van der Waals surface area contributed by atoms with Gasteiger partial charge < -0.3 is 20.3 Å². The van der Waals surface area contributed by atoms with Crippen LogP contribution in [0.2, 0.25) is 0 Å². The number of hydrogen-bond donors (Lipinski definition) is 3. The average molecular weight is 501 g/mol. The molecule has 5 aliphatic carbocycles. The maximum Gasteiger partial charge on any atom is 0.220 e. The molecule has 7 aliphatic rings. The standard InChI is InChI=1S/C31H36N2O4/c34-22-10-9-21-16-24-29-12-13-31(36,23(17-29)32-25(35)11-8-19-4-2-1-3-5-19)28-30(29,26(21)27(22)37-28)14-15-33(24)18-20-6-7-20/h1-5,9-10,20,23-24,28,34,36H,6-8,11-18H2,(H,32,35)/t23-,24+,28+,29+,30-,31?/m0/s1. The number of aromatic hydroxyl groups is 1. The molecule has 3 N–H and O–H groups in total. The number of aliphatic hydroxyl groups is 1. The van der Waals surface area contributed by atoms with Crippen molar-refractivity contribution in [1.29, 1.82) is 0 Å². The Bertz CT molecular complexity index is 1280. The Hall–Kier alpha value is -2.57. The molecule has 37 heavy (non-hydrogen) atoms. The SMILES string of the molecule is O=C(CCc1ccccc1)N[C@H]1C[C@@]23CCC1(O)[C@@H]1Oc4c(O)ccc5c4[C@@]12CCN(CC1CC1)[C@@H]3C5. The van der Waals surface area contributed by atoms with E-state index in [0.29, 0.717) is 31.1 Å². The van der Waals surface area contributed by atoms with Gasteiger partial charge in [-0.25, -0.2) is 0 Å². The Morgan fingerprint density at radius 2 is 1.95 bits per heavy atom. The number of aryl methyl sites for hydroxylation is 1. The summed E-state index contributed by atoms with van der Waals surface area (Å²) in [5, 5.41) is 26.5. The highest BCUT2D eigenvalue weighted by atomic mass is 16.5. The molecule has 1 saturated heterocycles. The number of piperidine rings is 1. The molecular weight excluding hydrogens is 464 g/mol. The Labute approximate surface area is 218 Å². The highest BCUT2D eigenvalue weighted by Crippen LogP contribution is 2.75. The van der Waals surface area contributed by atoms with E-state index in [4.69, 9.17) is 4.74 Å². The lowest BCUT2D eigenvalue weighted by Gasteiger charge is -2.73. The van der Waals surface area contributed by atoms with E-state index in [9.17, 15) is 15.0 Å². The highest BCUT2D eigenvalue weighted by Gasteiger charge is 2.80. The molecular formula is C31H36N2O4. The van der Waals surface area contributed by atoms with Crippen LogP contribution in [0.15, 0.2) is 42.5 Å². The molecule has 2 aliphatic heterocycles. The number of carbonyl (C=O) groups is 1. The van der Waals surface area contributed by atoms with Crippen molar-refractivity contribution in [2.24, 2.45) is 11.3 Å². The Balaban J connectivity index is 1.17. The highest BCUT2D eigenvalue weighted by molar-refractivity contribution is 5.77. The third-order valence-corrected chi connectivity index (χ3v) is 11.1.